The number of nitro groups is 1. The van der Waals surface area contributed by atoms with E-state index in [1.807, 2.05) is 6.07 Å². The molecule has 0 saturated heterocycles. The van der Waals surface area contributed by atoms with Crippen LogP contribution in [0.4, 0.5) is 5.82 Å². The first kappa shape index (κ1) is 40.6. The molecule has 0 unspecified atom stereocenters. The number of ether oxygens (including phenoxy) is 1. The minimum atomic E-state index is -5.62. The third-order valence-corrected chi connectivity index (χ3v) is 7.39. The van der Waals surface area contributed by atoms with Crippen LogP contribution in [0.3, 0.4) is 0 Å². The van der Waals surface area contributed by atoms with Crippen molar-refractivity contribution in [2.24, 2.45) is 0 Å². The van der Waals surface area contributed by atoms with E-state index >= 15 is 0 Å². The summed E-state index contributed by atoms with van der Waals surface area (Å²) in [6.07, 6.45) is 0. The number of nitriles is 2. The first-order valence-electron chi connectivity index (χ1n) is 12.2. The van der Waals surface area contributed by atoms with Crippen molar-refractivity contribution in [3.05, 3.63) is 99.6 Å². The standard InChI is InChI=1S/C27H16N4O12S3.2Na/c28-13-20-24(16-9-11-18(12-10-16)41-17-5-2-1-3-6-17)21(14-29)27(30-26(20)31(33)34)44-15-22(32)19-7-4-8-23(42-45(35,36)37)25(19)43-46(38,39)40;;/h1-12H,15H2,(H,35,36,37)(H,38,39,40);;/q;2*+1/p-2. The number of pyridine rings is 1. The van der Waals surface area contributed by atoms with E-state index in [-0.39, 0.29) is 80.8 Å². The van der Waals surface area contributed by atoms with Crippen molar-refractivity contribution in [2.45, 2.75) is 5.03 Å². The van der Waals surface area contributed by atoms with Gasteiger partial charge >= 0.3 is 64.9 Å². The van der Waals surface area contributed by atoms with Gasteiger partial charge in [0.2, 0.25) is 5.03 Å². The molecule has 21 heteroatoms. The summed E-state index contributed by atoms with van der Waals surface area (Å²) >= 11 is 0.459. The molecular weight excluding hydrogens is 714 g/mol. The van der Waals surface area contributed by atoms with Gasteiger partial charge in [-0.05, 0) is 51.9 Å². The average molecular weight is 729 g/mol. The molecule has 48 heavy (non-hydrogen) atoms. The number of ketones is 1. The zero-order valence-electron chi connectivity index (χ0n) is 24.5. The number of para-hydroxylation sites is 2. The molecule has 0 aliphatic rings. The van der Waals surface area contributed by atoms with Gasteiger partial charge in [-0.15, -0.1) is 0 Å². The van der Waals surface area contributed by atoms with Gasteiger partial charge in [0.05, 0.1) is 11.3 Å². The van der Waals surface area contributed by atoms with Gasteiger partial charge in [0.15, 0.2) is 22.8 Å². The predicted molar refractivity (Wildman–Crippen MR) is 154 cm³/mol. The van der Waals surface area contributed by atoms with Crippen LogP contribution in [-0.4, -0.2) is 47.4 Å². The zero-order valence-corrected chi connectivity index (χ0v) is 31.0. The molecule has 1 aromatic heterocycles. The van der Waals surface area contributed by atoms with E-state index in [0.717, 1.165) is 18.2 Å². The van der Waals surface area contributed by atoms with Gasteiger partial charge in [-0.25, -0.2) is 16.8 Å². The SMILES string of the molecule is N#Cc1c(SCC(=O)c2cccc(OS(=O)(=O)[O-])c2OS(=O)(=O)[O-])nc([N+](=O)[O-])c(C#N)c1-c1ccc(Oc2ccccc2)cc1.[Na+].[Na+]. The zero-order chi connectivity index (χ0) is 33.6. The Morgan fingerprint density at radius 2 is 1.42 bits per heavy atom. The largest absolute Gasteiger partial charge is 1.00 e. The first-order chi connectivity index (χ1) is 21.7. The summed E-state index contributed by atoms with van der Waals surface area (Å²) in [7, 11) is -11.1. The van der Waals surface area contributed by atoms with Crippen LogP contribution in [-0.2, 0) is 20.8 Å². The molecule has 0 spiro atoms. The quantitative estimate of drug-likeness (QED) is 0.0286. The molecule has 0 radical (unpaired) electrons. The third-order valence-electron chi connectivity index (χ3n) is 5.66. The predicted octanol–water partition coefficient (Wildman–Crippen LogP) is -2.15. The Bertz CT molecular complexity index is 2160. The minimum absolute atomic E-state index is 0. The molecule has 0 fully saturated rings. The Morgan fingerprint density at radius 1 is 0.833 bits per heavy atom. The number of Topliss-reactive ketones (excluding diaryl/α,β-unsaturated/α-hetero) is 1. The second-order valence-electron chi connectivity index (χ2n) is 8.61. The number of hydrogen-bond donors (Lipinski definition) is 0. The van der Waals surface area contributed by atoms with Crippen molar-refractivity contribution < 1.29 is 108 Å². The van der Waals surface area contributed by atoms with Crippen molar-refractivity contribution in [1.82, 2.24) is 4.98 Å². The number of thioether (sulfide) groups is 1. The summed E-state index contributed by atoms with van der Waals surface area (Å²) in [6, 6.07) is 20.7. The number of nitrogens with zero attached hydrogens (tertiary/aromatic N) is 4. The molecule has 1 heterocycles. The molecule has 234 valence electrons. The monoisotopic (exact) mass is 728 g/mol. The molecule has 0 atom stereocenters. The van der Waals surface area contributed by atoms with E-state index in [1.54, 1.807) is 36.4 Å². The molecule has 0 aliphatic heterocycles. The van der Waals surface area contributed by atoms with Crippen LogP contribution in [0, 0.1) is 32.8 Å². The number of rotatable bonds is 12. The molecule has 4 rings (SSSR count). The van der Waals surface area contributed by atoms with Gasteiger partial charge in [-0.1, -0.05) is 48.2 Å². The molecule has 4 aromatic rings. The fourth-order valence-corrected chi connectivity index (χ4v) is 5.51. The fourth-order valence-electron chi connectivity index (χ4n) is 3.91. The normalized spacial score (nSPS) is 10.7. The van der Waals surface area contributed by atoms with Crippen LogP contribution in [0.15, 0.2) is 77.8 Å². The summed E-state index contributed by atoms with van der Waals surface area (Å²) in [5.41, 5.74) is -1.60. The van der Waals surface area contributed by atoms with E-state index in [0.29, 0.717) is 23.3 Å². The van der Waals surface area contributed by atoms with E-state index in [1.165, 1.54) is 24.3 Å². The molecule has 0 aliphatic carbocycles. The number of aromatic nitrogens is 1. The summed E-state index contributed by atoms with van der Waals surface area (Å²) in [6.45, 7) is 0. The summed E-state index contributed by atoms with van der Waals surface area (Å²) in [5, 5.41) is 31.4. The minimum Gasteiger partial charge on any atom is -0.716 e. The van der Waals surface area contributed by atoms with Gasteiger partial charge < -0.3 is 32.3 Å². The van der Waals surface area contributed by atoms with Gasteiger partial charge in [0, 0.05) is 5.56 Å². The summed E-state index contributed by atoms with van der Waals surface area (Å²) in [5.74, 6) is -4.17. The Hall–Kier alpha value is -3.57. The van der Waals surface area contributed by atoms with Crippen molar-refractivity contribution in [1.29, 1.82) is 10.5 Å². The third kappa shape index (κ3) is 10.5. The van der Waals surface area contributed by atoms with Crippen LogP contribution in [0.1, 0.15) is 21.5 Å². The van der Waals surface area contributed by atoms with Crippen molar-refractivity contribution in [2.75, 3.05) is 5.75 Å². The number of carbonyl (C=O) groups excluding carboxylic acids is 1. The van der Waals surface area contributed by atoms with Gasteiger partial charge in [0.25, 0.3) is 20.8 Å². The Kier molecular flexibility index (Phi) is 14.5. The number of hydrogen-bond acceptors (Lipinski definition) is 16. The molecule has 0 amide bonds. The second-order valence-corrected chi connectivity index (χ2v) is 11.5. The summed E-state index contributed by atoms with van der Waals surface area (Å²) in [4.78, 5) is 27.9. The van der Waals surface area contributed by atoms with Crippen molar-refractivity contribution in [3.63, 3.8) is 0 Å². The van der Waals surface area contributed by atoms with Crippen molar-refractivity contribution >= 4 is 44.2 Å². The molecule has 0 bridgehead atoms. The second kappa shape index (κ2) is 17.2. The van der Waals surface area contributed by atoms with Gasteiger partial charge in [0.1, 0.15) is 29.2 Å². The molecule has 3 aromatic carbocycles. The Labute approximate surface area is 321 Å². The van der Waals surface area contributed by atoms with E-state index in [9.17, 15) is 51.4 Å². The van der Waals surface area contributed by atoms with Crippen LogP contribution in [0.5, 0.6) is 23.0 Å². The number of benzene rings is 3. The molecule has 16 nitrogen and oxygen atoms in total. The fraction of sp³-hybridized carbons (Fsp3) is 0.0370. The number of carbonyl (C=O) groups is 1. The maximum atomic E-state index is 13.1. The molecule has 0 saturated carbocycles. The summed E-state index contributed by atoms with van der Waals surface area (Å²) < 4.78 is 81.2. The van der Waals surface area contributed by atoms with Gasteiger partial charge in [-0.2, -0.15) is 10.5 Å². The van der Waals surface area contributed by atoms with Crippen molar-refractivity contribution in [3.8, 4) is 46.3 Å². The smallest absolute Gasteiger partial charge is 0.716 e. The Morgan fingerprint density at radius 3 is 1.96 bits per heavy atom. The van der Waals surface area contributed by atoms with E-state index in [2.05, 4.69) is 13.4 Å². The maximum Gasteiger partial charge on any atom is 1.00 e. The average Bonchev–Trinajstić information content (AvgIpc) is 2.99. The Balaban J connectivity index is 0.00000400. The van der Waals surface area contributed by atoms with Crippen LogP contribution < -0.4 is 72.2 Å². The van der Waals surface area contributed by atoms with Crippen LogP contribution in [0.2, 0.25) is 0 Å². The van der Waals surface area contributed by atoms with Crippen LogP contribution >= 0.6 is 11.8 Å². The molecule has 0 N–H and O–H groups in total. The first-order valence-corrected chi connectivity index (χ1v) is 15.8. The maximum absolute atomic E-state index is 13.1. The topological polar surface area (TPSA) is 263 Å². The molecular formula is C27H14N4Na2O12S3. The van der Waals surface area contributed by atoms with Crippen LogP contribution in [0.25, 0.3) is 11.1 Å². The van der Waals surface area contributed by atoms with E-state index in [4.69, 9.17) is 4.74 Å². The van der Waals surface area contributed by atoms with E-state index < -0.39 is 65.7 Å². The van der Waals surface area contributed by atoms with Gasteiger partial charge in [-0.3, -0.25) is 4.79 Å².